The van der Waals surface area contributed by atoms with Crippen LogP contribution in [0.1, 0.15) is 93.7 Å². The predicted molar refractivity (Wildman–Crippen MR) is 226 cm³/mol. The molecule has 2 aliphatic carbocycles. The van der Waals surface area contributed by atoms with Gasteiger partial charge in [0.2, 0.25) is 11.8 Å². The molecule has 5 aliphatic rings. The Morgan fingerprint density at radius 1 is 0.787 bits per heavy atom. The number of hydrogen-bond acceptors (Lipinski definition) is 9. The summed E-state index contributed by atoms with van der Waals surface area (Å²) in [6.07, 6.45) is 10.3. The van der Waals surface area contributed by atoms with Crippen molar-refractivity contribution >= 4 is 24.0 Å². The van der Waals surface area contributed by atoms with E-state index in [9.17, 15) is 19.2 Å². The lowest BCUT2D eigenvalue weighted by Gasteiger charge is -2.37. The molecule has 4 N–H and O–H groups in total. The van der Waals surface area contributed by atoms with Crippen molar-refractivity contribution in [3.05, 3.63) is 71.6 Å². The summed E-state index contributed by atoms with van der Waals surface area (Å²) in [7, 11) is 2.63. The second kappa shape index (κ2) is 17.0. The van der Waals surface area contributed by atoms with E-state index in [2.05, 4.69) is 57.0 Å². The van der Waals surface area contributed by atoms with Gasteiger partial charge in [-0.25, -0.2) is 19.6 Å². The molecule has 61 heavy (non-hydrogen) atoms. The average Bonchev–Trinajstić information content (AvgIpc) is 4.15. The van der Waals surface area contributed by atoms with Gasteiger partial charge in [0.1, 0.15) is 23.7 Å². The summed E-state index contributed by atoms with van der Waals surface area (Å²) in [6, 6.07) is 11.5. The van der Waals surface area contributed by atoms with Gasteiger partial charge in [0.15, 0.2) is 0 Å². The van der Waals surface area contributed by atoms with Gasteiger partial charge in [0.05, 0.1) is 50.1 Å². The number of carbonyl (C=O) groups excluding carboxylic acids is 4. The lowest BCUT2D eigenvalue weighted by Crippen LogP contribution is -2.54. The number of ether oxygens (including phenoxy) is 3. The third-order valence-electron chi connectivity index (χ3n) is 13.8. The van der Waals surface area contributed by atoms with Crippen molar-refractivity contribution in [1.29, 1.82) is 0 Å². The van der Waals surface area contributed by atoms with Gasteiger partial charge in [-0.2, -0.15) is 0 Å². The Bertz CT molecular complexity index is 2300. The Kier molecular flexibility index (Phi) is 11.3. The first-order valence-corrected chi connectivity index (χ1v) is 21.9. The maximum Gasteiger partial charge on any atom is 0.407 e. The fourth-order valence-corrected chi connectivity index (χ4v) is 10.6. The normalized spacial score (nSPS) is 23.0. The molecule has 15 heteroatoms. The van der Waals surface area contributed by atoms with Crippen LogP contribution < -0.4 is 10.6 Å². The second-order valence-corrected chi connectivity index (χ2v) is 17.6. The van der Waals surface area contributed by atoms with Gasteiger partial charge in [-0.1, -0.05) is 38.1 Å². The van der Waals surface area contributed by atoms with Crippen molar-refractivity contribution in [2.24, 2.45) is 17.8 Å². The minimum atomic E-state index is -0.681. The molecule has 15 nitrogen and oxygen atoms in total. The standard InChI is InChI=1S/C46H56N8O7/c1-25(2)38(51-45(57)59-3)44(56)54-32-12-9-31(22-32)40(54)42-48-24-36(50-42)30-11-14-34-28(21-30)8-7-27-20-29(10-13-33(27)34)35-23-47-41(49-35)37-6-5-17-53(37)43(55)39(52-46(58)60-4)26-15-18-61-19-16-26/h10-11,13-14,20-21,23-26,31-32,37-40H,5-9,12,15-19,22H2,1-4H3,(H,47,49)(H,48,50)(H,51,57)(H,52,58)/t31?,32?,37-,38-,39-,40?/m0/s1. The minimum Gasteiger partial charge on any atom is -0.453 e. The van der Waals surface area contributed by atoms with Crippen molar-refractivity contribution in [2.45, 2.75) is 102 Å². The van der Waals surface area contributed by atoms with Crippen LogP contribution >= 0.6 is 0 Å². The number of fused-ring (bicyclic) bond motifs is 5. The van der Waals surface area contributed by atoms with Crippen LogP contribution in [0.25, 0.3) is 33.6 Å². The Morgan fingerprint density at radius 3 is 2.05 bits per heavy atom. The van der Waals surface area contributed by atoms with Gasteiger partial charge in [0, 0.05) is 25.8 Å². The SMILES string of the molecule is COC(=O)N[C@H](C(=O)N1C2CCC(C2)C1c1ncc(-c2ccc3c(c2)CCc2cc(-c4cnc([C@@H]5CCCN5C(=O)[C@@H](NC(=O)OC)C5CCOCC5)[nH]4)ccc2-3)[nH]1)C(C)C. The highest BCUT2D eigenvalue weighted by Crippen LogP contribution is 2.50. The Hall–Kier alpha value is -5.70. The Balaban J connectivity index is 0.904. The van der Waals surface area contributed by atoms with Gasteiger partial charge in [-0.15, -0.1) is 0 Å². The molecule has 9 rings (SSSR count). The molecule has 2 bridgehead atoms. The van der Waals surface area contributed by atoms with Crippen LogP contribution in [0, 0.1) is 17.8 Å². The van der Waals surface area contributed by atoms with Crippen LogP contribution in [0.2, 0.25) is 0 Å². The molecule has 2 aromatic heterocycles. The molecule has 4 fully saturated rings. The molecule has 4 aromatic rings. The van der Waals surface area contributed by atoms with Crippen molar-refractivity contribution in [3.8, 4) is 33.6 Å². The topological polar surface area (TPSA) is 184 Å². The van der Waals surface area contributed by atoms with Gasteiger partial charge in [-0.3, -0.25) is 9.59 Å². The molecule has 3 saturated heterocycles. The summed E-state index contributed by atoms with van der Waals surface area (Å²) in [5.74, 6) is 1.54. The zero-order valence-corrected chi connectivity index (χ0v) is 35.4. The third-order valence-corrected chi connectivity index (χ3v) is 13.8. The molecule has 4 amide bonds. The van der Waals surface area contributed by atoms with Crippen molar-refractivity contribution in [3.63, 3.8) is 0 Å². The number of imidazole rings is 2. The fraction of sp³-hybridized carbons (Fsp3) is 0.522. The molecule has 0 radical (unpaired) electrons. The van der Waals surface area contributed by atoms with Crippen LogP contribution in [-0.4, -0.2) is 106 Å². The maximum absolute atomic E-state index is 14.0. The summed E-state index contributed by atoms with van der Waals surface area (Å²) < 4.78 is 15.3. The molecule has 6 atom stereocenters. The van der Waals surface area contributed by atoms with E-state index in [4.69, 9.17) is 24.2 Å². The number of benzene rings is 2. The number of aromatic nitrogens is 4. The van der Waals surface area contributed by atoms with E-state index < -0.39 is 24.3 Å². The molecule has 2 aromatic carbocycles. The fourth-order valence-electron chi connectivity index (χ4n) is 10.6. The van der Waals surface area contributed by atoms with E-state index in [1.165, 1.54) is 36.5 Å². The summed E-state index contributed by atoms with van der Waals surface area (Å²) in [4.78, 5) is 73.2. The average molecular weight is 833 g/mol. The number of nitrogens with one attached hydrogen (secondary N) is 4. The van der Waals surface area contributed by atoms with Crippen LogP contribution in [0.5, 0.6) is 0 Å². The number of amides is 4. The molecule has 0 spiro atoms. The van der Waals surface area contributed by atoms with E-state index in [0.29, 0.717) is 38.5 Å². The van der Waals surface area contributed by atoms with E-state index in [1.54, 1.807) is 0 Å². The molecule has 3 unspecified atom stereocenters. The Labute approximate surface area is 355 Å². The summed E-state index contributed by atoms with van der Waals surface area (Å²) >= 11 is 0. The molecule has 322 valence electrons. The zero-order valence-electron chi connectivity index (χ0n) is 35.4. The number of aromatic amines is 2. The van der Waals surface area contributed by atoms with Crippen molar-refractivity contribution in [2.75, 3.05) is 34.0 Å². The van der Waals surface area contributed by atoms with Crippen LogP contribution in [0.4, 0.5) is 9.59 Å². The number of rotatable bonds is 10. The number of piperidine rings is 1. The lowest BCUT2D eigenvalue weighted by molar-refractivity contribution is -0.139. The molecule has 1 saturated carbocycles. The third kappa shape index (κ3) is 7.77. The highest BCUT2D eigenvalue weighted by Gasteiger charge is 2.51. The first-order chi connectivity index (χ1) is 29.6. The number of methoxy groups -OCH3 is 2. The minimum absolute atomic E-state index is 0.0242. The van der Waals surface area contributed by atoms with Gasteiger partial charge < -0.3 is 44.6 Å². The summed E-state index contributed by atoms with van der Waals surface area (Å²) in [6.45, 7) is 5.60. The lowest BCUT2D eigenvalue weighted by atomic mass is 9.83. The van der Waals surface area contributed by atoms with Gasteiger partial charge in [-0.05, 0) is 121 Å². The highest BCUT2D eigenvalue weighted by atomic mass is 16.5. The number of alkyl carbamates (subject to hydrolysis) is 2. The quantitative estimate of drug-likeness (QED) is 0.139. The number of carbonyl (C=O) groups is 4. The van der Waals surface area contributed by atoms with E-state index in [-0.39, 0.29) is 41.8 Å². The van der Waals surface area contributed by atoms with Crippen LogP contribution in [-0.2, 0) is 36.6 Å². The monoisotopic (exact) mass is 832 g/mol. The largest absolute Gasteiger partial charge is 0.453 e. The first kappa shape index (κ1) is 40.7. The van der Waals surface area contributed by atoms with E-state index in [1.807, 2.05) is 36.0 Å². The Morgan fingerprint density at radius 2 is 1.41 bits per heavy atom. The van der Waals surface area contributed by atoms with E-state index >= 15 is 0 Å². The zero-order chi connectivity index (χ0) is 42.4. The summed E-state index contributed by atoms with van der Waals surface area (Å²) in [5, 5.41) is 5.60. The van der Waals surface area contributed by atoms with E-state index in [0.717, 1.165) is 79.1 Å². The van der Waals surface area contributed by atoms with Crippen LogP contribution in [0.15, 0.2) is 48.8 Å². The second-order valence-electron chi connectivity index (χ2n) is 17.6. The van der Waals surface area contributed by atoms with Gasteiger partial charge >= 0.3 is 12.2 Å². The molecular weight excluding hydrogens is 777 g/mol. The smallest absolute Gasteiger partial charge is 0.407 e. The van der Waals surface area contributed by atoms with Crippen molar-refractivity contribution < 1.29 is 33.4 Å². The number of nitrogens with zero attached hydrogens (tertiary/aromatic N) is 4. The van der Waals surface area contributed by atoms with Crippen molar-refractivity contribution in [1.82, 2.24) is 40.4 Å². The molecule has 3 aliphatic heterocycles. The number of likely N-dealkylation sites (tertiary alicyclic amines) is 2. The molecule has 5 heterocycles. The first-order valence-electron chi connectivity index (χ1n) is 21.9. The predicted octanol–water partition coefficient (Wildman–Crippen LogP) is 6.48. The van der Waals surface area contributed by atoms with Gasteiger partial charge in [0.25, 0.3) is 0 Å². The highest BCUT2D eigenvalue weighted by molar-refractivity contribution is 5.88. The number of H-pyrrole nitrogens is 2. The maximum atomic E-state index is 14.0. The summed E-state index contributed by atoms with van der Waals surface area (Å²) in [5.41, 5.74) is 8.87. The molecular formula is C46H56N8O7. The number of aryl methyl sites for hydroxylation is 2. The number of hydrogen-bond donors (Lipinski definition) is 4. The van der Waals surface area contributed by atoms with Crippen LogP contribution in [0.3, 0.4) is 0 Å².